The molecule has 1 aromatic heterocycles. The topological polar surface area (TPSA) is 88.6 Å². The average molecular weight is 283 g/mol. The van der Waals surface area contributed by atoms with Crippen LogP contribution in [-0.4, -0.2) is 44.6 Å². The third-order valence-corrected chi connectivity index (χ3v) is 2.79. The van der Waals surface area contributed by atoms with Crippen LogP contribution in [-0.2, 0) is 0 Å². The Hall–Kier alpha value is -1.89. The zero-order chi connectivity index (χ0) is 15.7. The van der Waals surface area contributed by atoms with Gasteiger partial charge in [-0.2, -0.15) is 0 Å². The lowest BCUT2D eigenvalue weighted by atomic mass is 10.1. The molecule has 0 bridgehead atoms. The molecule has 0 saturated heterocycles. The summed E-state index contributed by atoms with van der Waals surface area (Å²) in [6, 6.07) is 1.20. The molecule has 0 saturated carbocycles. The number of aromatic nitrogens is 1. The average Bonchev–Trinajstić information content (AvgIpc) is 2.70. The van der Waals surface area contributed by atoms with Crippen molar-refractivity contribution < 1.29 is 14.8 Å². The van der Waals surface area contributed by atoms with E-state index >= 15 is 0 Å². The Labute approximate surface area is 118 Å². The number of nitro groups is 1. The van der Waals surface area contributed by atoms with Gasteiger partial charge in [-0.05, 0) is 27.7 Å². The van der Waals surface area contributed by atoms with E-state index in [1.54, 1.807) is 25.5 Å². The SMILES string of the molecule is CC(C)n1cc([N+](=O)[O-])cc1C(=O)N(C)CC(C)(C)O. The summed E-state index contributed by atoms with van der Waals surface area (Å²) in [4.78, 5) is 24.0. The second-order valence-corrected chi connectivity index (χ2v) is 5.82. The van der Waals surface area contributed by atoms with Gasteiger partial charge in [-0.1, -0.05) is 0 Å². The molecule has 0 unspecified atom stereocenters. The molecule has 0 atom stereocenters. The van der Waals surface area contributed by atoms with Crippen molar-refractivity contribution >= 4 is 11.6 Å². The lowest BCUT2D eigenvalue weighted by Crippen LogP contribution is -2.40. The molecule has 0 radical (unpaired) electrons. The first-order chi connectivity index (χ1) is 9.03. The maximum absolute atomic E-state index is 12.4. The summed E-state index contributed by atoms with van der Waals surface area (Å²) in [7, 11) is 1.56. The predicted octanol–water partition coefficient (Wildman–Crippen LogP) is 1.82. The summed E-state index contributed by atoms with van der Waals surface area (Å²) in [6.45, 7) is 7.03. The maximum Gasteiger partial charge on any atom is 0.287 e. The highest BCUT2D eigenvalue weighted by molar-refractivity contribution is 5.93. The highest BCUT2D eigenvalue weighted by Crippen LogP contribution is 2.22. The first-order valence-corrected chi connectivity index (χ1v) is 6.37. The number of carbonyl (C=O) groups excluding carboxylic acids is 1. The van der Waals surface area contributed by atoms with E-state index in [-0.39, 0.29) is 29.9 Å². The lowest BCUT2D eigenvalue weighted by Gasteiger charge is -2.26. The molecule has 7 heteroatoms. The van der Waals surface area contributed by atoms with E-state index in [4.69, 9.17) is 0 Å². The van der Waals surface area contributed by atoms with E-state index in [0.717, 1.165) is 0 Å². The molecular formula is C13H21N3O4. The zero-order valence-corrected chi connectivity index (χ0v) is 12.5. The highest BCUT2D eigenvalue weighted by Gasteiger charge is 2.26. The van der Waals surface area contributed by atoms with Crippen molar-refractivity contribution in [3.63, 3.8) is 0 Å². The van der Waals surface area contributed by atoms with E-state index < -0.39 is 10.5 Å². The van der Waals surface area contributed by atoms with Crippen LogP contribution in [0, 0.1) is 10.1 Å². The van der Waals surface area contributed by atoms with Crippen LogP contribution >= 0.6 is 0 Å². The second-order valence-electron chi connectivity index (χ2n) is 5.82. The summed E-state index contributed by atoms with van der Waals surface area (Å²) in [6.07, 6.45) is 1.36. The van der Waals surface area contributed by atoms with E-state index in [1.165, 1.54) is 17.2 Å². The first-order valence-electron chi connectivity index (χ1n) is 6.37. The van der Waals surface area contributed by atoms with E-state index in [2.05, 4.69) is 0 Å². The molecule has 1 heterocycles. The third kappa shape index (κ3) is 3.80. The van der Waals surface area contributed by atoms with Crippen LogP contribution in [0.5, 0.6) is 0 Å². The van der Waals surface area contributed by atoms with Gasteiger partial charge in [0.25, 0.3) is 11.6 Å². The molecule has 0 aliphatic heterocycles. The van der Waals surface area contributed by atoms with Crippen LogP contribution in [0.1, 0.15) is 44.2 Å². The highest BCUT2D eigenvalue weighted by atomic mass is 16.6. The molecule has 1 amide bonds. The quantitative estimate of drug-likeness (QED) is 0.659. The Morgan fingerprint density at radius 1 is 1.55 bits per heavy atom. The Morgan fingerprint density at radius 2 is 2.10 bits per heavy atom. The zero-order valence-electron chi connectivity index (χ0n) is 12.5. The van der Waals surface area contributed by atoms with Crippen molar-refractivity contribution in [1.82, 2.24) is 9.47 Å². The monoisotopic (exact) mass is 283 g/mol. The second kappa shape index (κ2) is 5.62. The van der Waals surface area contributed by atoms with Crippen LogP contribution in [0.2, 0.25) is 0 Å². The first kappa shape index (κ1) is 16.2. The summed E-state index contributed by atoms with van der Waals surface area (Å²) in [5.74, 6) is -0.353. The van der Waals surface area contributed by atoms with Crippen LogP contribution in [0.25, 0.3) is 0 Å². The summed E-state index contributed by atoms with van der Waals surface area (Å²) < 4.78 is 1.57. The lowest BCUT2D eigenvalue weighted by molar-refractivity contribution is -0.384. The molecule has 7 nitrogen and oxygen atoms in total. The number of hydrogen-bond donors (Lipinski definition) is 1. The van der Waals surface area contributed by atoms with Crippen molar-refractivity contribution in [1.29, 1.82) is 0 Å². The Bertz CT molecular complexity index is 514. The van der Waals surface area contributed by atoms with Gasteiger partial charge in [-0.15, -0.1) is 0 Å². The standard InChI is InChI=1S/C13H21N3O4/c1-9(2)15-7-10(16(19)20)6-11(15)12(17)14(5)8-13(3,4)18/h6-7,9,18H,8H2,1-5H3. The van der Waals surface area contributed by atoms with Gasteiger partial charge in [0.15, 0.2) is 0 Å². The van der Waals surface area contributed by atoms with Gasteiger partial charge in [0, 0.05) is 25.7 Å². The molecule has 1 rings (SSSR count). The van der Waals surface area contributed by atoms with E-state index in [0.29, 0.717) is 0 Å². The van der Waals surface area contributed by atoms with Gasteiger partial charge < -0.3 is 14.6 Å². The number of rotatable bonds is 5. The number of amides is 1. The van der Waals surface area contributed by atoms with Crippen molar-refractivity contribution in [2.75, 3.05) is 13.6 Å². The van der Waals surface area contributed by atoms with Crippen molar-refractivity contribution in [2.45, 2.75) is 39.3 Å². The number of nitrogens with zero attached hydrogens (tertiary/aromatic N) is 3. The maximum atomic E-state index is 12.4. The Balaban J connectivity index is 3.11. The van der Waals surface area contributed by atoms with Gasteiger partial charge >= 0.3 is 0 Å². The van der Waals surface area contributed by atoms with Gasteiger partial charge in [0.1, 0.15) is 5.69 Å². The fourth-order valence-electron chi connectivity index (χ4n) is 2.01. The predicted molar refractivity (Wildman–Crippen MR) is 74.7 cm³/mol. The molecule has 1 aromatic rings. The van der Waals surface area contributed by atoms with Crippen molar-refractivity contribution in [3.8, 4) is 0 Å². The summed E-state index contributed by atoms with van der Waals surface area (Å²) in [5, 5.41) is 20.6. The molecule has 20 heavy (non-hydrogen) atoms. The van der Waals surface area contributed by atoms with Crippen LogP contribution in [0.15, 0.2) is 12.3 Å². The van der Waals surface area contributed by atoms with E-state index in [9.17, 15) is 20.0 Å². The minimum atomic E-state index is -1.02. The molecular weight excluding hydrogens is 262 g/mol. The Morgan fingerprint density at radius 3 is 2.50 bits per heavy atom. The molecule has 0 spiro atoms. The minimum absolute atomic E-state index is 0.0711. The van der Waals surface area contributed by atoms with Crippen molar-refractivity contribution in [3.05, 3.63) is 28.1 Å². The Kier molecular flexibility index (Phi) is 4.54. The minimum Gasteiger partial charge on any atom is -0.389 e. The third-order valence-electron chi connectivity index (χ3n) is 2.79. The van der Waals surface area contributed by atoms with Crippen LogP contribution in [0.4, 0.5) is 5.69 Å². The van der Waals surface area contributed by atoms with Crippen molar-refractivity contribution in [2.24, 2.45) is 0 Å². The summed E-state index contributed by atoms with van der Waals surface area (Å²) >= 11 is 0. The molecule has 0 aromatic carbocycles. The van der Waals surface area contributed by atoms with Crippen LogP contribution < -0.4 is 0 Å². The molecule has 0 aliphatic carbocycles. The normalized spacial score (nSPS) is 11.8. The smallest absolute Gasteiger partial charge is 0.287 e. The number of likely N-dealkylation sites (N-methyl/N-ethyl adjacent to an activating group) is 1. The fraction of sp³-hybridized carbons (Fsp3) is 0.615. The number of carbonyl (C=O) groups is 1. The molecule has 0 fully saturated rings. The summed E-state index contributed by atoms with van der Waals surface area (Å²) in [5.41, 5.74) is -0.886. The van der Waals surface area contributed by atoms with Gasteiger partial charge in [0.2, 0.25) is 0 Å². The molecule has 0 aliphatic rings. The largest absolute Gasteiger partial charge is 0.389 e. The van der Waals surface area contributed by atoms with Gasteiger partial charge in [-0.3, -0.25) is 14.9 Å². The van der Waals surface area contributed by atoms with Crippen LogP contribution in [0.3, 0.4) is 0 Å². The number of hydrogen-bond acceptors (Lipinski definition) is 4. The van der Waals surface area contributed by atoms with Gasteiger partial charge in [0.05, 0.1) is 16.7 Å². The molecule has 112 valence electrons. The fourth-order valence-corrected chi connectivity index (χ4v) is 2.01. The molecule has 1 N–H and O–H groups in total. The van der Waals surface area contributed by atoms with E-state index in [1.807, 2.05) is 13.8 Å². The van der Waals surface area contributed by atoms with Gasteiger partial charge in [-0.25, -0.2) is 0 Å². The number of aliphatic hydroxyl groups is 1.